The molecule has 2 heteroatoms. The fourth-order valence-electron chi connectivity index (χ4n) is 5.78. The van der Waals surface area contributed by atoms with E-state index in [2.05, 4.69) is 0 Å². The predicted molar refractivity (Wildman–Crippen MR) is 67.9 cm³/mol. The summed E-state index contributed by atoms with van der Waals surface area (Å²) in [7, 11) is 0. The first-order valence-corrected chi connectivity index (χ1v) is 7.84. The maximum atomic E-state index is 12.7. The Morgan fingerprint density at radius 3 is 2.33 bits per heavy atom. The third-order valence-corrected chi connectivity index (χ3v) is 6.40. The van der Waals surface area contributed by atoms with Crippen LogP contribution in [0.3, 0.4) is 0 Å². The van der Waals surface area contributed by atoms with E-state index in [0.29, 0.717) is 35.2 Å². The molecule has 4 aliphatic carbocycles. The van der Waals surface area contributed by atoms with Crippen LogP contribution in [-0.2, 0) is 9.59 Å². The van der Waals surface area contributed by atoms with E-state index in [1.54, 1.807) is 0 Å². The number of Topliss-reactive ketones (excluding diaryl/α,β-unsaturated/α-hetero) is 2. The van der Waals surface area contributed by atoms with Crippen LogP contribution in [0.15, 0.2) is 0 Å². The second-order valence-electron chi connectivity index (χ2n) is 7.01. The largest absolute Gasteiger partial charge is 0.299 e. The molecule has 0 saturated heterocycles. The van der Waals surface area contributed by atoms with Gasteiger partial charge < -0.3 is 0 Å². The summed E-state index contributed by atoms with van der Waals surface area (Å²) in [5, 5.41) is 0. The predicted octanol–water partition coefficient (Wildman–Crippen LogP) is 3.00. The molecule has 0 amide bonds. The Hall–Kier alpha value is -0.660. The van der Waals surface area contributed by atoms with Crippen molar-refractivity contribution in [2.75, 3.05) is 0 Å². The monoisotopic (exact) mass is 246 g/mol. The van der Waals surface area contributed by atoms with Crippen LogP contribution in [-0.4, -0.2) is 11.6 Å². The number of hydrogen-bond donors (Lipinski definition) is 0. The molecule has 0 spiro atoms. The van der Waals surface area contributed by atoms with E-state index in [0.717, 1.165) is 32.1 Å². The highest BCUT2D eigenvalue weighted by atomic mass is 16.1. The van der Waals surface area contributed by atoms with Gasteiger partial charge in [0.25, 0.3) is 0 Å². The minimum Gasteiger partial charge on any atom is -0.299 e. The van der Waals surface area contributed by atoms with Crippen molar-refractivity contribution in [1.82, 2.24) is 0 Å². The Morgan fingerprint density at radius 1 is 0.722 bits per heavy atom. The normalized spacial score (nSPS) is 50.9. The van der Waals surface area contributed by atoms with Gasteiger partial charge in [-0.1, -0.05) is 19.3 Å². The van der Waals surface area contributed by atoms with E-state index in [1.165, 1.54) is 19.3 Å². The number of rotatable bonds is 0. The summed E-state index contributed by atoms with van der Waals surface area (Å²) in [5.41, 5.74) is 0. The molecule has 0 aliphatic heterocycles. The molecule has 98 valence electrons. The van der Waals surface area contributed by atoms with Crippen LogP contribution in [0.4, 0.5) is 0 Å². The van der Waals surface area contributed by atoms with Crippen molar-refractivity contribution in [2.45, 2.75) is 51.4 Å². The van der Waals surface area contributed by atoms with Gasteiger partial charge in [0.1, 0.15) is 11.6 Å². The van der Waals surface area contributed by atoms with E-state index in [1.807, 2.05) is 0 Å². The summed E-state index contributed by atoms with van der Waals surface area (Å²) >= 11 is 0. The van der Waals surface area contributed by atoms with Crippen LogP contribution in [0.2, 0.25) is 0 Å². The van der Waals surface area contributed by atoms with Crippen molar-refractivity contribution in [3.63, 3.8) is 0 Å². The molecule has 4 rings (SSSR count). The smallest absolute Gasteiger partial charge is 0.139 e. The first kappa shape index (κ1) is 11.2. The van der Waals surface area contributed by atoms with Crippen molar-refractivity contribution >= 4 is 11.6 Å². The van der Waals surface area contributed by atoms with Crippen LogP contribution >= 0.6 is 0 Å². The highest BCUT2D eigenvalue weighted by Gasteiger charge is 2.58. The SMILES string of the molecule is O=C1CC2C3CCCCC3C(=O)C3CCCC1C32. The summed E-state index contributed by atoms with van der Waals surface area (Å²) < 4.78 is 0. The van der Waals surface area contributed by atoms with Gasteiger partial charge in [-0.2, -0.15) is 0 Å². The lowest BCUT2D eigenvalue weighted by Crippen LogP contribution is -2.49. The molecule has 6 atom stereocenters. The molecule has 4 saturated carbocycles. The van der Waals surface area contributed by atoms with Crippen molar-refractivity contribution < 1.29 is 9.59 Å². The average molecular weight is 246 g/mol. The zero-order valence-corrected chi connectivity index (χ0v) is 10.9. The molecule has 0 heterocycles. The lowest BCUT2D eigenvalue weighted by atomic mass is 9.54. The third-order valence-electron chi connectivity index (χ3n) is 6.40. The highest BCUT2D eigenvalue weighted by molar-refractivity contribution is 5.90. The maximum Gasteiger partial charge on any atom is 0.139 e. The van der Waals surface area contributed by atoms with E-state index in [4.69, 9.17) is 0 Å². The second kappa shape index (κ2) is 3.91. The molecule has 18 heavy (non-hydrogen) atoms. The summed E-state index contributed by atoms with van der Waals surface area (Å²) in [5.74, 6) is 3.51. The quantitative estimate of drug-likeness (QED) is 0.658. The number of ketones is 2. The van der Waals surface area contributed by atoms with Gasteiger partial charge in [0.2, 0.25) is 0 Å². The van der Waals surface area contributed by atoms with E-state index >= 15 is 0 Å². The summed E-state index contributed by atoms with van der Waals surface area (Å²) in [6, 6.07) is 0. The number of hydrogen-bond acceptors (Lipinski definition) is 2. The topological polar surface area (TPSA) is 34.1 Å². The molecule has 0 aromatic rings. The Balaban J connectivity index is 1.74. The van der Waals surface area contributed by atoms with Gasteiger partial charge in [-0.3, -0.25) is 9.59 Å². The lowest BCUT2D eigenvalue weighted by molar-refractivity contribution is -0.142. The summed E-state index contributed by atoms with van der Waals surface area (Å²) in [6.07, 6.45) is 8.89. The molecular formula is C16H22O2. The molecule has 2 nitrogen and oxygen atoms in total. The van der Waals surface area contributed by atoms with E-state index in [9.17, 15) is 9.59 Å². The molecule has 0 radical (unpaired) electrons. The molecular weight excluding hydrogens is 224 g/mol. The fraction of sp³-hybridized carbons (Fsp3) is 0.875. The van der Waals surface area contributed by atoms with E-state index in [-0.39, 0.29) is 11.8 Å². The Labute approximate surface area is 109 Å². The summed E-state index contributed by atoms with van der Waals surface area (Å²) in [6.45, 7) is 0. The Kier molecular flexibility index (Phi) is 2.43. The van der Waals surface area contributed by atoms with Gasteiger partial charge in [0, 0.05) is 24.2 Å². The van der Waals surface area contributed by atoms with Gasteiger partial charge in [-0.15, -0.1) is 0 Å². The highest BCUT2D eigenvalue weighted by Crippen LogP contribution is 2.58. The Bertz CT molecular complexity index is 400. The molecule has 4 aliphatic rings. The first-order valence-electron chi connectivity index (χ1n) is 7.84. The standard InChI is InChI=1S/C16H22O2/c17-14-8-13-9-4-1-2-5-10(9)16(18)12-7-3-6-11(14)15(12)13/h9-13,15H,1-8H2. The van der Waals surface area contributed by atoms with Gasteiger partial charge in [0.05, 0.1) is 0 Å². The molecule has 0 bridgehead atoms. The zero-order valence-electron chi connectivity index (χ0n) is 10.9. The molecule has 0 aromatic heterocycles. The van der Waals surface area contributed by atoms with Gasteiger partial charge in [-0.25, -0.2) is 0 Å². The molecule has 4 fully saturated rings. The van der Waals surface area contributed by atoms with Crippen LogP contribution in [0.5, 0.6) is 0 Å². The van der Waals surface area contributed by atoms with Gasteiger partial charge in [0.15, 0.2) is 0 Å². The number of carbonyl (C=O) groups is 2. The van der Waals surface area contributed by atoms with Gasteiger partial charge >= 0.3 is 0 Å². The van der Waals surface area contributed by atoms with Crippen molar-refractivity contribution in [1.29, 1.82) is 0 Å². The maximum absolute atomic E-state index is 12.7. The second-order valence-corrected chi connectivity index (χ2v) is 7.01. The van der Waals surface area contributed by atoms with Crippen LogP contribution < -0.4 is 0 Å². The molecule has 0 aromatic carbocycles. The minimum atomic E-state index is 0.263. The third kappa shape index (κ3) is 1.35. The van der Waals surface area contributed by atoms with Crippen molar-refractivity contribution in [3.8, 4) is 0 Å². The molecule has 0 N–H and O–H groups in total. The minimum absolute atomic E-state index is 0.263. The van der Waals surface area contributed by atoms with Crippen LogP contribution in [0, 0.1) is 35.5 Å². The van der Waals surface area contributed by atoms with Gasteiger partial charge in [-0.05, 0) is 43.4 Å². The molecule has 6 unspecified atom stereocenters. The first-order chi connectivity index (χ1) is 8.77. The van der Waals surface area contributed by atoms with Crippen LogP contribution in [0.1, 0.15) is 51.4 Å². The van der Waals surface area contributed by atoms with Crippen molar-refractivity contribution in [3.05, 3.63) is 0 Å². The fourth-order valence-corrected chi connectivity index (χ4v) is 5.78. The van der Waals surface area contributed by atoms with E-state index < -0.39 is 0 Å². The summed E-state index contributed by atoms with van der Waals surface area (Å²) in [4.78, 5) is 24.9. The number of carbonyl (C=O) groups excluding carboxylic acids is 2. The number of fused-ring (bicyclic) bond motifs is 2. The lowest BCUT2D eigenvalue weighted by Gasteiger charge is -2.48. The Morgan fingerprint density at radius 2 is 1.44 bits per heavy atom. The van der Waals surface area contributed by atoms with Crippen LogP contribution in [0.25, 0.3) is 0 Å². The zero-order chi connectivity index (χ0) is 12.3. The van der Waals surface area contributed by atoms with Crippen molar-refractivity contribution in [2.24, 2.45) is 35.5 Å². The average Bonchev–Trinajstić information content (AvgIpc) is 2.75.